The molecule has 0 bridgehead atoms. The Kier molecular flexibility index (Phi) is 4.73. The van der Waals surface area contributed by atoms with Crippen LogP contribution in [0, 0.1) is 0 Å². The highest BCUT2D eigenvalue weighted by atomic mass is 32.2. The number of hydrogen-bond donors (Lipinski definition) is 1. The fraction of sp³-hybridized carbons (Fsp3) is 0.263. The van der Waals surface area contributed by atoms with E-state index in [1.54, 1.807) is 37.3 Å². The van der Waals surface area contributed by atoms with Crippen LogP contribution in [-0.2, 0) is 16.4 Å². The van der Waals surface area contributed by atoms with E-state index in [2.05, 4.69) is 0 Å². The summed E-state index contributed by atoms with van der Waals surface area (Å²) < 4.78 is 27.7. The molecule has 0 radical (unpaired) electrons. The van der Waals surface area contributed by atoms with Gasteiger partial charge in [0.05, 0.1) is 23.2 Å². The maximum Gasteiger partial charge on any atom is 0.260 e. The van der Waals surface area contributed by atoms with Crippen molar-refractivity contribution in [3.8, 4) is 0 Å². The van der Waals surface area contributed by atoms with Gasteiger partial charge < -0.3 is 5.11 Å². The maximum absolute atomic E-state index is 13.2. The van der Waals surface area contributed by atoms with Crippen LogP contribution in [-0.4, -0.2) is 26.2 Å². The van der Waals surface area contributed by atoms with E-state index in [4.69, 9.17) is 0 Å². The van der Waals surface area contributed by atoms with Crippen molar-refractivity contribution < 1.29 is 13.5 Å². The van der Waals surface area contributed by atoms with Crippen LogP contribution in [0.3, 0.4) is 0 Å². The van der Waals surface area contributed by atoms with Gasteiger partial charge >= 0.3 is 0 Å². The summed E-state index contributed by atoms with van der Waals surface area (Å²) in [6.45, 7) is 1.63. The van der Waals surface area contributed by atoms with Gasteiger partial charge in [0.2, 0.25) is 0 Å². The number of nitrogens with zero attached hydrogens (tertiary/aromatic N) is 1. The Hall–Kier alpha value is -2.11. The topological polar surface area (TPSA) is 57.6 Å². The van der Waals surface area contributed by atoms with Gasteiger partial charge in [-0.3, -0.25) is 4.31 Å². The molecule has 0 amide bonds. The van der Waals surface area contributed by atoms with Crippen molar-refractivity contribution in [2.45, 2.75) is 25.9 Å². The third-order valence-corrected chi connectivity index (χ3v) is 6.03. The summed E-state index contributed by atoms with van der Waals surface area (Å²) in [4.78, 5) is 0.394. The lowest BCUT2D eigenvalue weighted by Gasteiger charge is -2.28. The number of para-hydroxylation sites is 1. The van der Waals surface area contributed by atoms with Gasteiger partial charge in [0, 0.05) is 0 Å². The molecule has 24 heavy (non-hydrogen) atoms. The molecule has 3 rings (SSSR count). The molecule has 1 atom stereocenters. The number of aryl methyl sites for hydroxylation is 1. The molecule has 0 spiro atoms. The molecule has 0 saturated heterocycles. The molecule has 1 aliphatic rings. The zero-order chi connectivity index (χ0) is 17.2. The zero-order valence-corrected chi connectivity index (χ0v) is 14.4. The van der Waals surface area contributed by atoms with E-state index in [1.165, 1.54) is 9.87 Å². The molecule has 0 fully saturated rings. The van der Waals surface area contributed by atoms with Crippen molar-refractivity contribution in [3.05, 3.63) is 70.6 Å². The SMILES string of the molecule is CC(O)CN(c1ccccc1)S(=O)(=O)C1=Cc2ccccc2CC1. The summed E-state index contributed by atoms with van der Waals surface area (Å²) in [5, 5.41) is 9.78. The third-order valence-electron chi connectivity index (χ3n) is 4.11. The summed E-state index contributed by atoms with van der Waals surface area (Å²) in [5.41, 5.74) is 2.68. The molecule has 0 aromatic heterocycles. The number of anilines is 1. The van der Waals surface area contributed by atoms with E-state index in [9.17, 15) is 13.5 Å². The normalized spacial score (nSPS) is 15.3. The molecule has 1 unspecified atom stereocenters. The monoisotopic (exact) mass is 343 g/mol. The molecular weight excluding hydrogens is 322 g/mol. The van der Waals surface area contributed by atoms with Crippen LogP contribution in [0.2, 0.25) is 0 Å². The molecule has 2 aromatic rings. The van der Waals surface area contributed by atoms with Gasteiger partial charge in [0.1, 0.15) is 0 Å². The first kappa shape index (κ1) is 16.7. The lowest BCUT2D eigenvalue weighted by Crippen LogP contribution is -2.37. The third kappa shape index (κ3) is 3.37. The predicted octanol–water partition coefficient (Wildman–Crippen LogP) is 3.19. The molecule has 0 heterocycles. The van der Waals surface area contributed by atoms with Crippen LogP contribution >= 0.6 is 0 Å². The van der Waals surface area contributed by atoms with Crippen molar-refractivity contribution >= 4 is 21.8 Å². The van der Waals surface area contributed by atoms with Gasteiger partial charge in [-0.25, -0.2) is 8.42 Å². The largest absolute Gasteiger partial charge is 0.392 e. The Morgan fingerprint density at radius 3 is 2.42 bits per heavy atom. The second kappa shape index (κ2) is 6.79. The van der Waals surface area contributed by atoms with E-state index in [0.29, 0.717) is 23.4 Å². The van der Waals surface area contributed by atoms with Crippen LogP contribution in [0.5, 0.6) is 0 Å². The van der Waals surface area contributed by atoms with E-state index in [1.807, 2.05) is 30.3 Å². The smallest absolute Gasteiger partial charge is 0.260 e. The van der Waals surface area contributed by atoms with E-state index in [0.717, 1.165) is 5.56 Å². The predicted molar refractivity (Wildman–Crippen MR) is 97.1 cm³/mol. The van der Waals surface area contributed by atoms with Gasteiger partial charge in [0.15, 0.2) is 0 Å². The number of fused-ring (bicyclic) bond motifs is 1. The molecule has 2 aromatic carbocycles. The molecule has 0 aliphatic heterocycles. The van der Waals surface area contributed by atoms with E-state index in [-0.39, 0.29) is 6.54 Å². The van der Waals surface area contributed by atoms with Crippen LogP contribution in [0.25, 0.3) is 6.08 Å². The summed E-state index contributed by atoms with van der Waals surface area (Å²) in [5.74, 6) is 0. The Balaban J connectivity index is 2.02. The molecule has 4 nitrogen and oxygen atoms in total. The number of benzene rings is 2. The van der Waals surface area contributed by atoms with Crippen LogP contribution in [0.1, 0.15) is 24.5 Å². The maximum atomic E-state index is 13.2. The van der Waals surface area contributed by atoms with Gasteiger partial charge in [-0.15, -0.1) is 0 Å². The molecule has 5 heteroatoms. The average molecular weight is 343 g/mol. The number of rotatable bonds is 5. The van der Waals surface area contributed by atoms with Crippen molar-refractivity contribution in [3.63, 3.8) is 0 Å². The first-order chi connectivity index (χ1) is 11.5. The van der Waals surface area contributed by atoms with Crippen molar-refractivity contribution in [1.82, 2.24) is 0 Å². The quantitative estimate of drug-likeness (QED) is 0.907. The van der Waals surface area contributed by atoms with Gasteiger partial charge in [0.25, 0.3) is 10.0 Å². The first-order valence-electron chi connectivity index (χ1n) is 8.03. The zero-order valence-electron chi connectivity index (χ0n) is 13.6. The van der Waals surface area contributed by atoms with Crippen LogP contribution in [0.15, 0.2) is 59.5 Å². The molecular formula is C19H21NO3S. The first-order valence-corrected chi connectivity index (χ1v) is 9.47. The summed E-state index contributed by atoms with van der Waals surface area (Å²) >= 11 is 0. The lowest BCUT2D eigenvalue weighted by atomic mass is 9.98. The van der Waals surface area contributed by atoms with Crippen molar-refractivity contribution in [1.29, 1.82) is 0 Å². The highest BCUT2D eigenvalue weighted by Crippen LogP contribution is 2.31. The van der Waals surface area contributed by atoms with Crippen molar-refractivity contribution in [2.75, 3.05) is 10.8 Å². The Labute approximate surface area is 143 Å². The number of aliphatic hydroxyl groups excluding tert-OH is 1. The number of aliphatic hydroxyl groups is 1. The second-order valence-electron chi connectivity index (χ2n) is 6.03. The molecule has 0 saturated carbocycles. The summed E-state index contributed by atoms with van der Waals surface area (Å²) in [6, 6.07) is 16.8. The minimum absolute atomic E-state index is 0.0331. The summed E-state index contributed by atoms with van der Waals surface area (Å²) in [7, 11) is -3.68. The highest BCUT2D eigenvalue weighted by Gasteiger charge is 2.29. The standard InChI is InChI=1S/C19H21NO3S/c1-15(21)14-20(18-9-3-2-4-10-18)24(22,23)19-12-11-16-7-5-6-8-17(16)13-19/h2-10,13,15,21H,11-12,14H2,1H3. The van der Waals surface area contributed by atoms with Crippen LogP contribution in [0.4, 0.5) is 5.69 Å². The van der Waals surface area contributed by atoms with Gasteiger partial charge in [-0.05, 0) is 49.1 Å². The van der Waals surface area contributed by atoms with E-state index >= 15 is 0 Å². The Morgan fingerprint density at radius 1 is 1.04 bits per heavy atom. The van der Waals surface area contributed by atoms with Crippen LogP contribution < -0.4 is 4.31 Å². The molecule has 1 aliphatic carbocycles. The minimum Gasteiger partial charge on any atom is -0.392 e. The lowest BCUT2D eigenvalue weighted by molar-refractivity contribution is 0.204. The second-order valence-corrected chi connectivity index (χ2v) is 7.95. The number of hydrogen-bond acceptors (Lipinski definition) is 3. The van der Waals surface area contributed by atoms with Gasteiger partial charge in [-0.1, -0.05) is 42.5 Å². The average Bonchev–Trinajstić information content (AvgIpc) is 2.59. The molecule has 1 N–H and O–H groups in total. The Bertz CT molecular complexity index is 842. The number of allylic oxidation sites excluding steroid dienone is 1. The highest BCUT2D eigenvalue weighted by molar-refractivity contribution is 7.96. The van der Waals surface area contributed by atoms with Gasteiger partial charge in [-0.2, -0.15) is 0 Å². The van der Waals surface area contributed by atoms with E-state index < -0.39 is 16.1 Å². The number of sulfonamides is 1. The fourth-order valence-corrected chi connectivity index (χ4v) is 4.66. The summed E-state index contributed by atoms with van der Waals surface area (Å²) in [6.07, 6.45) is 2.18. The Morgan fingerprint density at radius 2 is 1.71 bits per heavy atom. The molecule has 126 valence electrons. The van der Waals surface area contributed by atoms with Crippen molar-refractivity contribution in [2.24, 2.45) is 0 Å². The minimum atomic E-state index is -3.68. The fourth-order valence-electron chi connectivity index (χ4n) is 2.93.